The Morgan fingerprint density at radius 2 is 2.00 bits per heavy atom. The number of likely N-dealkylation sites (tertiary alicyclic amines) is 1. The molecular formula is C24H26F2N2O3. The van der Waals surface area contributed by atoms with Gasteiger partial charge in [0.05, 0.1) is 6.54 Å². The number of alkyl halides is 2. The van der Waals surface area contributed by atoms with E-state index in [4.69, 9.17) is 4.74 Å². The predicted octanol–water partition coefficient (Wildman–Crippen LogP) is 3.68. The van der Waals surface area contributed by atoms with E-state index in [0.29, 0.717) is 18.7 Å². The van der Waals surface area contributed by atoms with Gasteiger partial charge in [0.1, 0.15) is 18.5 Å². The third-order valence-electron chi connectivity index (χ3n) is 5.62. The number of β-amino-alcohol motifs (C(OH)–C–C–N with tert-alkyl or cyclic N) is 1. The van der Waals surface area contributed by atoms with E-state index in [9.17, 15) is 18.7 Å². The Kier molecular flexibility index (Phi) is 6.07. The Bertz CT molecular complexity index is 1130. The molecule has 1 fully saturated rings. The monoisotopic (exact) mass is 428 g/mol. The second-order valence-electron chi connectivity index (χ2n) is 8.22. The van der Waals surface area contributed by atoms with E-state index in [0.717, 1.165) is 21.9 Å². The summed E-state index contributed by atoms with van der Waals surface area (Å²) in [5.74, 6) is -2.12. The fraction of sp³-hybridized carbons (Fsp3) is 0.375. The molecule has 2 aromatic carbocycles. The minimum absolute atomic E-state index is 0.00707. The van der Waals surface area contributed by atoms with Gasteiger partial charge >= 0.3 is 0 Å². The standard InChI is InChI=1S/C24H26F2N2O3/c1-27-13-18(7-8-23(27)30)22-12-20(11-17-5-2-3-6-21(17)22)31-15-19(29)14-28-10-4-9-24(25,26)16-28/h2-3,5-8,11-13,19,29H,4,9-10,14-16H2,1H3. The number of aryl methyl sites for hydroxylation is 1. The van der Waals surface area contributed by atoms with Crippen LogP contribution in [0.4, 0.5) is 8.78 Å². The third kappa shape index (κ3) is 5.11. The number of aromatic nitrogens is 1. The van der Waals surface area contributed by atoms with Gasteiger partial charge in [0.2, 0.25) is 5.56 Å². The van der Waals surface area contributed by atoms with Gasteiger partial charge in [0, 0.05) is 32.3 Å². The largest absolute Gasteiger partial charge is 0.491 e. The number of ether oxygens (including phenoxy) is 1. The van der Waals surface area contributed by atoms with E-state index in [1.54, 1.807) is 24.2 Å². The van der Waals surface area contributed by atoms with Gasteiger partial charge in [-0.2, -0.15) is 0 Å². The second-order valence-corrected chi connectivity index (χ2v) is 8.22. The first-order chi connectivity index (χ1) is 14.8. The predicted molar refractivity (Wildman–Crippen MR) is 117 cm³/mol. The first kappa shape index (κ1) is 21.5. The van der Waals surface area contributed by atoms with Gasteiger partial charge in [-0.25, -0.2) is 8.78 Å². The topological polar surface area (TPSA) is 54.7 Å². The van der Waals surface area contributed by atoms with Crippen molar-refractivity contribution in [2.45, 2.75) is 24.9 Å². The zero-order valence-corrected chi connectivity index (χ0v) is 17.4. The highest BCUT2D eigenvalue weighted by molar-refractivity contribution is 5.97. The van der Waals surface area contributed by atoms with Crippen molar-refractivity contribution in [3.63, 3.8) is 0 Å². The van der Waals surface area contributed by atoms with Crippen molar-refractivity contribution >= 4 is 10.8 Å². The number of fused-ring (bicyclic) bond motifs is 1. The lowest BCUT2D eigenvalue weighted by molar-refractivity contribution is -0.0737. The second kappa shape index (κ2) is 8.77. The number of halogens is 2. The van der Waals surface area contributed by atoms with Crippen LogP contribution in [0.3, 0.4) is 0 Å². The molecule has 5 nitrogen and oxygen atoms in total. The zero-order valence-electron chi connectivity index (χ0n) is 17.4. The average molecular weight is 428 g/mol. The van der Waals surface area contributed by atoms with Crippen molar-refractivity contribution in [2.24, 2.45) is 7.05 Å². The Morgan fingerprint density at radius 3 is 2.77 bits per heavy atom. The SMILES string of the molecule is Cn1cc(-c2cc(OCC(O)CN3CCCC(F)(F)C3)cc3ccccc23)ccc1=O. The molecule has 1 unspecified atom stereocenters. The highest BCUT2D eigenvalue weighted by Gasteiger charge is 2.35. The van der Waals surface area contributed by atoms with Crippen LogP contribution in [0, 0.1) is 0 Å². The number of rotatable bonds is 6. The molecule has 4 rings (SSSR count). The Hall–Kier alpha value is -2.77. The summed E-state index contributed by atoms with van der Waals surface area (Å²) in [5.41, 5.74) is 1.69. The fourth-order valence-electron chi connectivity index (χ4n) is 4.10. The van der Waals surface area contributed by atoms with Gasteiger partial charge in [-0.15, -0.1) is 0 Å². The summed E-state index contributed by atoms with van der Waals surface area (Å²) in [7, 11) is 1.70. The van der Waals surface area contributed by atoms with Crippen LogP contribution in [-0.4, -0.2) is 52.8 Å². The fourth-order valence-corrected chi connectivity index (χ4v) is 4.10. The van der Waals surface area contributed by atoms with E-state index in [1.807, 2.05) is 36.4 Å². The van der Waals surface area contributed by atoms with Gasteiger partial charge in [0.15, 0.2) is 0 Å². The van der Waals surface area contributed by atoms with Gasteiger partial charge in [0.25, 0.3) is 5.92 Å². The van der Waals surface area contributed by atoms with Crippen molar-refractivity contribution < 1.29 is 18.6 Å². The molecule has 1 aliphatic rings. The molecule has 0 amide bonds. The van der Waals surface area contributed by atoms with Crippen LogP contribution in [0.25, 0.3) is 21.9 Å². The molecule has 1 aliphatic heterocycles. The van der Waals surface area contributed by atoms with Crippen LogP contribution in [0.15, 0.2) is 59.5 Å². The number of aliphatic hydroxyl groups excluding tert-OH is 1. The van der Waals surface area contributed by atoms with E-state index >= 15 is 0 Å². The molecule has 0 spiro atoms. The van der Waals surface area contributed by atoms with Crippen molar-refractivity contribution in [3.8, 4) is 16.9 Å². The van der Waals surface area contributed by atoms with E-state index in [1.165, 1.54) is 10.6 Å². The molecule has 0 saturated carbocycles. The van der Waals surface area contributed by atoms with Crippen molar-refractivity contribution in [1.29, 1.82) is 0 Å². The van der Waals surface area contributed by atoms with E-state index < -0.39 is 12.0 Å². The maximum absolute atomic E-state index is 13.6. The third-order valence-corrected chi connectivity index (χ3v) is 5.62. The molecule has 3 aromatic rings. The summed E-state index contributed by atoms with van der Waals surface area (Å²) >= 11 is 0. The van der Waals surface area contributed by atoms with Crippen LogP contribution in [0.1, 0.15) is 12.8 Å². The molecule has 0 aliphatic carbocycles. The number of benzene rings is 2. The molecule has 1 aromatic heterocycles. The molecule has 0 bridgehead atoms. The molecule has 31 heavy (non-hydrogen) atoms. The summed E-state index contributed by atoms with van der Waals surface area (Å²) in [5, 5.41) is 12.3. The van der Waals surface area contributed by atoms with Crippen molar-refractivity contribution in [1.82, 2.24) is 9.47 Å². The quantitative estimate of drug-likeness (QED) is 0.651. The minimum atomic E-state index is -2.69. The highest BCUT2D eigenvalue weighted by atomic mass is 19.3. The maximum atomic E-state index is 13.6. The lowest BCUT2D eigenvalue weighted by atomic mass is 9.99. The summed E-state index contributed by atoms with van der Waals surface area (Å²) in [6.07, 6.45) is 1.23. The number of nitrogens with zero attached hydrogens (tertiary/aromatic N) is 2. The van der Waals surface area contributed by atoms with Crippen LogP contribution < -0.4 is 10.3 Å². The first-order valence-corrected chi connectivity index (χ1v) is 10.4. The molecule has 0 radical (unpaired) electrons. The van der Waals surface area contributed by atoms with Gasteiger partial charge in [-0.1, -0.05) is 24.3 Å². The van der Waals surface area contributed by atoms with Crippen LogP contribution in [0.2, 0.25) is 0 Å². The van der Waals surface area contributed by atoms with Crippen molar-refractivity contribution in [2.75, 3.05) is 26.2 Å². The molecule has 1 atom stereocenters. The van der Waals surface area contributed by atoms with Crippen LogP contribution >= 0.6 is 0 Å². The van der Waals surface area contributed by atoms with Gasteiger partial charge < -0.3 is 14.4 Å². The van der Waals surface area contributed by atoms with E-state index in [-0.39, 0.29) is 31.7 Å². The summed E-state index contributed by atoms with van der Waals surface area (Å²) in [4.78, 5) is 13.4. The Labute approximate surface area is 179 Å². The molecule has 2 heterocycles. The number of aliphatic hydroxyl groups is 1. The number of hydrogen-bond donors (Lipinski definition) is 1. The molecule has 164 valence electrons. The van der Waals surface area contributed by atoms with Crippen LogP contribution in [-0.2, 0) is 7.05 Å². The van der Waals surface area contributed by atoms with E-state index in [2.05, 4.69) is 0 Å². The van der Waals surface area contributed by atoms with Gasteiger partial charge in [-0.05, 0) is 53.1 Å². The summed E-state index contributed by atoms with van der Waals surface area (Å²) in [6, 6.07) is 14.9. The molecular weight excluding hydrogens is 402 g/mol. The highest BCUT2D eigenvalue weighted by Crippen LogP contribution is 2.33. The maximum Gasteiger partial charge on any atom is 0.260 e. The molecule has 1 N–H and O–H groups in total. The van der Waals surface area contributed by atoms with Crippen molar-refractivity contribution in [3.05, 3.63) is 65.1 Å². The Morgan fingerprint density at radius 1 is 1.19 bits per heavy atom. The zero-order chi connectivity index (χ0) is 22.0. The Balaban J connectivity index is 1.53. The van der Waals surface area contributed by atoms with Gasteiger partial charge in [-0.3, -0.25) is 9.69 Å². The lowest BCUT2D eigenvalue weighted by Gasteiger charge is -2.33. The first-order valence-electron chi connectivity index (χ1n) is 10.4. The van der Waals surface area contributed by atoms with Crippen LogP contribution in [0.5, 0.6) is 5.75 Å². The number of piperidine rings is 1. The molecule has 7 heteroatoms. The number of hydrogen-bond acceptors (Lipinski definition) is 4. The minimum Gasteiger partial charge on any atom is -0.491 e. The average Bonchev–Trinajstić information content (AvgIpc) is 2.73. The smallest absolute Gasteiger partial charge is 0.260 e. The normalized spacial score (nSPS) is 17.5. The lowest BCUT2D eigenvalue weighted by Crippen LogP contribution is -2.46. The summed E-state index contributed by atoms with van der Waals surface area (Å²) in [6.45, 7) is 0.389. The number of pyridine rings is 1. The summed E-state index contributed by atoms with van der Waals surface area (Å²) < 4.78 is 34.6. The molecule has 1 saturated heterocycles.